The third kappa shape index (κ3) is 3.36. The summed E-state index contributed by atoms with van der Waals surface area (Å²) < 4.78 is 20.6. The lowest BCUT2D eigenvalue weighted by atomic mass is 10.0. The summed E-state index contributed by atoms with van der Waals surface area (Å²) in [7, 11) is -3.23. The van der Waals surface area contributed by atoms with Crippen LogP contribution < -0.4 is 15.9 Å². The molecule has 0 saturated carbocycles. The van der Waals surface area contributed by atoms with Gasteiger partial charge in [0, 0.05) is 48.8 Å². The Kier molecular flexibility index (Phi) is 5.27. The lowest BCUT2D eigenvalue weighted by Crippen LogP contribution is -2.21. The second kappa shape index (κ2) is 9.44. The average Bonchev–Trinajstić information content (AvgIpc) is 3.73. The van der Waals surface area contributed by atoms with Gasteiger partial charge in [0.15, 0.2) is 7.14 Å². The molecule has 9 aromatic rings. The molecule has 3 heterocycles. The number of nitrogens with zero attached hydrogens (tertiary/aromatic N) is 2. The highest BCUT2D eigenvalue weighted by Gasteiger charge is 2.41. The average molecular weight is 607 g/mol. The summed E-state index contributed by atoms with van der Waals surface area (Å²) in [5.74, 6) is 0. The Balaban J connectivity index is 1.25. The number of aromatic nitrogens is 2. The third-order valence-electron chi connectivity index (χ3n) is 9.73. The predicted octanol–water partition coefficient (Wildman–Crippen LogP) is 9.50. The van der Waals surface area contributed by atoms with E-state index in [2.05, 4.69) is 143 Å². The Hall–Kier alpha value is -5.63. The maximum atomic E-state index is 15.9. The molecule has 0 bridgehead atoms. The molecule has 2 aromatic heterocycles. The molecule has 0 radical (unpaired) electrons. The maximum absolute atomic E-state index is 15.9. The van der Waals surface area contributed by atoms with Crippen molar-refractivity contribution in [2.75, 3.05) is 0 Å². The lowest BCUT2D eigenvalue weighted by Gasteiger charge is -2.18. The van der Waals surface area contributed by atoms with Gasteiger partial charge in [-0.05, 0) is 59.7 Å². The standard InChI is InChI=1S/C42H27N2OP/c45-46(30-12-2-1-3-13-30)41-26-28(43-37-18-8-4-14-31(37)32-15-5-9-19-38(32)43)22-24-35(41)36-25-23-29(27-42(36)46)44-39-20-10-6-16-33(39)34-17-7-11-21-40(34)44/h1-27H. The summed E-state index contributed by atoms with van der Waals surface area (Å²) in [6.07, 6.45) is 0. The summed E-state index contributed by atoms with van der Waals surface area (Å²) in [4.78, 5) is 0. The molecule has 1 aliphatic rings. The van der Waals surface area contributed by atoms with E-state index in [1.165, 1.54) is 21.5 Å². The van der Waals surface area contributed by atoms with Crippen LogP contribution in [0, 0.1) is 0 Å². The van der Waals surface area contributed by atoms with Crippen molar-refractivity contribution >= 4 is 66.7 Å². The van der Waals surface area contributed by atoms with Gasteiger partial charge in [0.05, 0.1) is 22.1 Å². The largest absolute Gasteiger partial charge is 0.309 e. The van der Waals surface area contributed by atoms with E-state index in [-0.39, 0.29) is 0 Å². The van der Waals surface area contributed by atoms with Crippen molar-refractivity contribution in [2.24, 2.45) is 0 Å². The fourth-order valence-electron chi connectivity index (χ4n) is 7.74. The van der Waals surface area contributed by atoms with Gasteiger partial charge in [-0.1, -0.05) is 115 Å². The second-order valence-corrected chi connectivity index (χ2v) is 14.8. The van der Waals surface area contributed by atoms with Gasteiger partial charge in [0.25, 0.3) is 0 Å². The van der Waals surface area contributed by atoms with Crippen LogP contribution in [-0.4, -0.2) is 9.13 Å². The monoisotopic (exact) mass is 606 g/mol. The molecule has 216 valence electrons. The molecule has 0 atom stereocenters. The van der Waals surface area contributed by atoms with Crippen LogP contribution in [0.5, 0.6) is 0 Å². The minimum Gasteiger partial charge on any atom is -0.309 e. The first-order valence-electron chi connectivity index (χ1n) is 15.6. The summed E-state index contributed by atoms with van der Waals surface area (Å²) in [5.41, 5.74) is 8.68. The highest BCUT2D eigenvalue weighted by atomic mass is 31.2. The second-order valence-electron chi connectivity index (χ2n) is 12.1. The van der Waals surface area contributed by atoms with E-state index in [4.69, 9.17) is 0 Å². The Morgan fingerprint density at radius 1 is 0.370 bits per heavy atom. The van der Waals surface area contributed by atoms with Gasteiger partial charge < -0.3 is 13.7 Å². The molecule has 0 spiro atoms. The fraction of sp³-hybridized carbons (Fsp3) is 0. The quantitative estimate of drug-likeness (QED) is 0.184. The molecule has 0 fully saturated rings. The van der Waals surface area contributed by atoms with E-state index < -0.39 is 7.14 Å². The molecular formula is C42H27N2OP. The molecule has 0 aliphatic carbocycles. The molecule has 0 amide bonds. The lowest BCUT2D eigenvalue weighted by molar-refractivity contribution is 0.593. The summed E-state index contributed by atoms with van der Waals surface area (Å²) in [5, 5.41) is 7.49. The van der Waals surface area contributed by atoms with Crippen molar-refractivity contribution in [3.8, 4) is 22.5 Å². The zero-order valence-electron chi connectivity index (χ0n) is 24.8. The van der Waals surface area contributed by atoms with Crippen LogP contribution in [-0.2, 0) is 4.57 Å². The Labute approximate surface area is 266 Å². The van der Waals surface area contributed by atoms with Crippen LogP contribution in [0.2, 0.25) is 0 Å². The predicted molar refractivity (Wildman–Crippen MR) is 194 cm³/mol. The van der Waals surface area contributed by atoms with Gasteiger partial charge in [-0.2, -0.15) is 0 Å². The number of benzene rings is 7. The van der Waals surface area contributed by atoms with Crippen molar-refractivity contribution in [1.29, 1.82) is 0 Å². The Bertz CT molecular complexity index is 2460. The van der Waals surface area contributed by atoms with E-state index in [0.29, 0.717) is 0 Å². The van der Waals surface area contributed by atoms with Crippen molar-refractivity contribution in [3.63, 3.8) is 0 Å². The summed E-state index contributed by atoms with van der Waals surface area (Å²) >= 11 is 0. The molecule has 46 heavy (non-hydrogen) atoms. The number of fused-ring (bicyclic) bond motifs is 9. The van der Waals surface area contributed by atoms with E-state index in [0.717, 1.165) is 60.5 Å². The molecule has 3 nitrogen and oxygen atoms in total. The van der Waals surface area contributed by atoms with Crippen molar-refractivity contribution < 1.29 is 4.57 Å². The number of rotatable bonds is 3. The van der Waals surface area contributed by atoms with Crippen molar-refractivity contribution in [1.82, 2.24) is 9.13 Å². The topological polar surface area (TPSA) is 26.9 Å². The van der Waals surface area contributed by atoms with E-state index >= 15 is 4.57 Å². The first-order valence-corrected chi connectivity index (χ1v) is 17.3. The van der Waals surface area contributed by atoms with Crippen LogP contribution in [0.4, 0.5) is 0 Å². The SMILES string of the molecule is O=P1(c2ccccc2)c2cc(-n3c4ccccc4c4ccccc43)ccc2-c2ccc(-n3c4ccccc4c4ccccc43)cc21. The molecule has 0 N–H and O–H groups in total. The van der Waals surface area contributed by atoms with Gasteiger partial charge >= 0.3 is 0 Å². The Morgan fingerprint density at radius 2 is 0.717 bits per heavy atom. The number of hydrogen-bond acceptors (Lipinski definition) is 1. The van der Waals surface area contributed by atoms with E-state index in [9.17, 15) is 0 Å². The third-order valence-corrected chi connectivity index (χ3v) is 12.9. The molecular weight excluding hydrogens is 579 g/mol. The highest BCUT2D eigenvalue weighted by Crippen LogP contribution is 2.53. The van der Waals surface area contributed by atoms with Crippen LogP contribution in [0.1, 0.15) is 0 Å². The van der Waals surface area contributed by atoms with Gasteiger partial charge in [-0.15, -0.1) is 0 Å². The molecule has 1 aliphatic heterocycles. The zero-order valence-corrected chi connectivity index (χ0v) is 25.7. The first-order chi connectivity index (χ1) is 22.7. The molecule has 4 heteroatoms. The summed E-state index contributed by atoms with van der Waals surface area (Å²) in [6.45, 7) is 0. The minimum absolute atomic E-state index is 0.855. The van der Waals surface area contributed by atoms with Gasteiger partial charge in [-0.3, -0.25) is 0 Å². The van der Waals surface area contributed by atoms with Gasteiger partial charge in [0.1, 0.15) is 0 Å². The molecule has 0 saturated heterocycles. The van der Waals surface area contributed by atoms with Crippen molar-refractivity contribution in [2.45, 2.75) is 0 Å². The highest BCUT2D eigenvalue weighted by molar-refractivity contribution is 7.86. The van der Waals surface area contributed by atoms with Crippen molar-refractivity contribution in [3.05, 3.63) is 164 Å². The first kappa shape index (κ1) is 25.7. The normalized spacial score (nSPS) is 13.5. The molecule has 0 unspecified atom stereocenters. The van der Waals surface area contributed by atoms with E-state index in [1.54, 1.807) is 0 Å². The maximum Gasteiger partial charge on any atom is 0.172 e. The van der Waals surface area contributed by atoms with Crippen LogP contribution in [0.25, 0.3) is 66.1 Å². The zero-order chi connectivity index (χ0) is 30.4. The van der Waals surface area contributed by atoms with Gasteiger partial charge in [0.2, 0.25) is 0 Å². The van der Waals surface area contributed by atoms with Gasteiger partial charge in [-0.25, -0.2) is 0 Å². The van der Waals surface area contributed by atoms with Crippen LogP contribution in [0.3, 0.4) is 0 Å². The molecule has 7 aromatic carbocycles. The minimum atomic E-state index is -3.23. The summed E-state index contributed by atoms with van der Waals surface area (Å²) in [6, 6.07) is 57.3. The van der Waals surface area contributed by atoms with E-state index in [1.807, 2.05) is 30.3 Å². The number of para-hydroxylation sites is 4. The molecule has 10 rings (SSSR count). The number of hydrogen-bond donors (Lipinski definition) is 0. The fourth-order valence-corrected chi connectivity index (χ4v) is 10.8. The van der Waals surface area contributed by atoms with Crippen LogP contribution >= 0.6 is 7.14 Å². The Morgan fingerprint density at radius 3 is 1.11 bits per heavy atom. The van der Waals surface area contributed by atoms with Crippen LogP contribution in [0.15, 0.2) is 164 Å². The smallest absolute Gasteiger partial charge is 0.172 e.